The van der Waals surface area contributed by atoms with Crippen LogP contribution in [0.25, 0.3) is 0 Å². The number of rotatable bonds is 5. The minimum atomic E-state index is -0.164. The van der Waals surface area contributed by atoms with Crippen molar-refractivity contribution in [3.05, 3.63) is 12.3 Å². The normalized spacial score (nSPS) is 13.8. The maximum absolute atomic E-state index is 5.30. The maximum atomic E-state index is 5.30. The van der Waals surface area contributed by atoms with Crippen molar-refractivity contribution in [2.24, 2.45) is 5.84 Å². The zero-order chi connectivity index (χ0) is 8.69. The van der Waals surface area contributed by atoms with E-state index in [-0.39, 0.29) is 6.29 Å². The van der Waals surface area contributed by atoms with Crippen LogP contribution < -0.4 is 5.84 Å². The van der Waals surface area contributed by atoms with Crippen LogP contribution in [0.5, 0.6) is 0 Å². The molecule has 0 saturated heterocycles. The Morgan fingerprint density at radius 3 is 2.73 bits per heavy atom. The second kappa shape index (κ2) is 6.15. The van der Waals surface area contributed by atoms with Crippen molar-refractivity contribution in [1.29, 1.82) is 0 Å². The van der Waals surface area contributed by atoms with E-state index < -0.39 is 0 Å². The van der Waals surface area contributed by atoms with Gasteiger partial charge >= 0.3 is 0 Å². The van der Waals surface area contributed by atoms with E-state index in [0.29, 0.717) is 6.61 Å². The van der Waals surface area contributed by atoms with Crippen molar-refractivity contribution in [3.63, 3.8) is 0 Å². The van der Waals surface area contributed by atoms with Gasteiger partial charge < -0.3 is 14.5 Å². The van der Waals surface area contributed by atoms with E-state index in [0.717, 1.165) is 0 Å². The third-order valence-corrected chi connectivity index (χ3v) is 1.10. The quantitative estimate of drug-likeness (QED) is 0.357. The Hall–Kier alpha value is -0.580. The van der Waals surface area contributed by atoms with Gasteiger partial charge in [0.25, 0.3) is 0 Å². The Labute approximate surface area is 67.5 Å². The molecule has 0 aromatic carbocycles. The van der Waals surface area contributed by atoms with Crippen LogP contribution in [-0.2, 0) is 9.47 Å². The lowest BCUT2D eigenvalue weighted by Gasteiger charge is -2.08. The van der Waals surface area contributed by atoms with Gasteiger partial charge in [0, 0.05) is 20.4 Å². The molecular formula is C7H16N2O2. The lowest BCUT2D eigenvalue weighted by Crippen LogP contribution is -2.19. The zero-order valence-corrected chi connectivity index (χ0v) is 7.28. The van der Waals surface area contributed by atoms with E-state index in [9.17, 15) is 0 Å². The molecule has 0 aliphatic heterocycles. The summed E-state index contributed by atoms with van der Waals surface area (Å²) >= 11 is 0. The van der Waals surface area contributed by atoms with Gasteiger partial charge in [-0.15, -0.1) is 0 Å². The topological polar surface area (TPSA) is 47.7 Å². The molecule has 66 valence electrons. The maximum Gasteiger partial charge on any atom is 0.154 e. The first-order chi connectivity index (χ1) is 5.16. The van der Waals surface area contributed by atoms with E-state index in [1.807, 2.05) is 13.0 Å². The largest absolute Gasteiger partial charge is 0.356 e. The molecule has 0 bridgehead atoms. The van der Waals surface area contributed by atoms with Gasteiger partial charge in [-0.3, -0.25) is 0 Å². The van der Waals surface area contributed by atoms with Crippen LogP contribution in [0.1, 0.15) is 6.92 Å². The second-order valence-electron chi connectivity index (χ2n) is 2.19. The number of hydrazine groups is 1. The molecule has 4 nitrogen and oxygen atoms in total. The molecule has 1 unspecified atom stereocenters. The van der Waals surface area contributed by atoms with Crippen LogP contribution >= 0.6 is 0 Å². The molecule has 0 saturated carbocycles. The number of hydrogen-bond donors (Lipinski definition) is 1. The Bertz CT molecular complexity index is 115. The number of nitrogens with two attached hydrogens (primary N) is 1. The zero-order valence-electron chi connectivity index (χ0n) is 7.28. The Balaban J connectivity index is 3.26. The molecular weight excluding hydrogens is 144 g/mol. The molecule has 1 atom stereocenters. The van der Waals surface area contributed by atoms with E-state index in [1.165, 1.54) is 5.01 Å². The fourth-order valence-corrected chi connectivity index (χ4v) is 0.468. The first-order valence-corrected chi connectivity index (χ1v) is 3.45. The summed E-state index contributed by atoms with van der Waals surface area (Å²) in [5, 5.41) is 1.46. The first-order valence-electron chi connectivity index (χ1n) is 3.45. The minimum absolute atomic E-state index is 0.164. The summed E-state index contributed by atoms with van der Waals surface area (Å²) in [6.07, 6.45) is 3.38. The highest BCUT2D eigenvalue weighted by Crippen LogP contribution is 1.90. The van der Waals surface area contributed by atoms with Crippen molar-refractivity contribution in [3.8, 4) is 0 Å². The summed E-state index contributed by atoms with van der Waals surface area (Å²) in [4.78, 5) is 0. The first kappa shape index (κ1) is 10.4. The van der Waals surface area contributed by atoms with Gasteiger partial charge in [0.2, 0.25) is 0 Å². The highest BCUT2D eigenvalue weighted by atomic mass is 16.7. The fourth-order valence-electron chi connectivity index (χ4n) is 0.468. The monoisotopic (exact) mass is 160 g/mol. The molecule has 11 heavy (non-hydrogen) atoms. The molecule has 0 fully saturated rings. The van der Waals surface area contributed by atoms with Gasteiger partial charge in [-0.05, 0) is 13.0 Å². The molecule has 0 heterocycles. The Kier molecular flexibility index (Phi) is 5.83. The standard InChI is InChI=1S/C7H16N2O2/c1-7(10-3)11-6-4-5-9(2)8/h4-5,7H,6,8H2,1-3H3/b5-4-. The van der Waals surface area contributed by atoms with Crippen LogP contribution in [0.4, 0.5) is 0 Å². The van der Waals surface area contributed by atoms with E-state index in [1.54, 1.807) is 20.4 Å². The van der Waals surface area contributed by atoms with Crippen molar-refractivity contribution >= 4 is 0 Å². The predicted molar refractivity (Wildman–Crippen MR) is 43.5 cm³/mol. The molecule has 0 aromatic heterocycles. The van der Waals surface area contributed by atoms with Crippen LogP contribution in [0.3, 0.4) is 0 Å². The molecule has 2 N–H and O–H groups in total. The van der Waals surface area contributed by atoms with Gasteiger partial charge in [-0.25, -0.2) is 5.84 Å². The second-order valence-corrected chi connectivity index (χ2v) is 2.19. The van der Waals surface area contributed by atoms with Gasteiger partial charge in [-0.1, -0.05) is 0 Å². The average Bonchev–Trinajstić information content (AvgIpc) is 1.97. The summed E-state index contributed by atoms with van der Waals surface area (Å²) in [5.74, 6) is 5.30. The van der Waals surface area contributed by atoms with Crippen LogP contribution in [0, 0.1) is 0 Å². The van der Waals surface area contributed by atoms with Crippen LogP contribution in [0.15, 0.2) is 12.3 Å². The number of nitrogens with zero attached hydrogens (tertiary/aromatic N) is 1. The Morgan fingerprint density at radius 2 is 2.27 bits per heavy atom. The van der Waals surface area contributed by atoms with Gasteiger partial charge in [0.1, 0.15) is 0 Å². The van der Waals surface area contributed by atoms with Crippen molar-refractivity contribution in [1.82, 2.24) is 5.01 Å². The van der Waals surface area contributed by atoms with E-state index in [4.69, 9.17) is 15.3 Å². The van der Waals surface area contributed by atoms with Crippen LogP contribution in [-0.4, -0.2) is 32.1 Å². The third kappa shape index (κ3) is 7.32. The number of ether oxygens (including phenoxy) is 2. The SMILES string of the molecule is COC(C)OC/C=C\N(C)N. The molecule has 0 amide bonds. The van der Waals surface area contributed by atoms with Crippen molar-refractivity contribution in [2.75, 3.05) is 20.8 Å². The number of hydrogen-bond acceptors (Lipinski definition) is 4. The van der Waals surface area contributed by atoms with Crippen LogP contribution in [0.2, 0.25) is 0 Å². The van der Waals surface area contributed by atoms with Gasteiger partial charge in [0.05, 0.1) is 6.61 Å². The van der Waals surface area contributed by atoms with Gasteiger partial charge in [0.15, 0.2) is 6.29 Å². The van der Waals surface area contributed by atoms with E-state index in [2.05, 4.69) is 0 Å². The molecule has 0 spiro atoms. The van der Waals surface area contributed by atoms with Crippen molar-refractivity contribution in [2.45, 2.75) is 13.2 Å². The summed E-state index contributed by atoms with van der Waals surface area (Å²) in [6, 6.07) is 0. The summed E-state index contributed by atoms with van der Waals surface area (Å²) in [5.41, 5.74) is 0. The highest BCUT2D eigenvalue weighted by Gasteiger charge is 1.93. The summed E-state index contributed by atoms with van der Waals surface area (Å²) in [6.45, 7) is 2.34. The summed E-state index contributed by atoms with van der Waals surface area (Å²) in [7, 11) is 3.35. The predicted octanol–water partition coefficient (Wildman–Crippen LogP) is 0.315. The lowest BCUT2D eigenvalue weighted by molar-refractivity contribution is -0.101. The molecule has 0 aromatic rings. The fraction of sp³-hybridized carbons (Fsp3) is 0.714. The third-order valence-electron chi connectivity index (χ3n) is 1.10. The number of methoxy groups -OCH3 is 1. The van der Waals surface area contributed by atoms with Gasteiger partial charge in [-0.2, -0.15) is 0 Å². The highest BCUT2D eigenvalue weighted by molar-refractivity contribution is 4.77. The molecule has 0 aliphatic rings. The lowest BCUT2D eigenvalue weighted by atomic mass is 10.6. The smallest absolute Gasteiger partial charge is 0.154 e. The minimum Gasteiger partial charge on any atom is -0.356 e. The Morgan fingerprint density at radius 1 is 1.64 bits per heavy atom. The average molecular weight is 160 g/mol. The summed E-state index contributed by atoms with van der Waals surface area (Å²) < 4.78 is 10.0. The molecule has 4 heteroatoms. The van der Waals surface area contributed by atoms with E-state index >= 15 is 0 Å². The molecule has 0 rings (SSSR count). The molecule has 0 aliphatic carbocycles. The molecule has 0 radical (unpaired) electrons. The van der Waals surface area contributed by atoms with Crippen molar-refractivity contribution < 1.29 is 9.47 Å².